The van der Waals surface area contributed by atoms with Crippen LogP contribution in [0.2, 0.25) is 0 Å². The molecule has 0 bridgehead atoms. The van der Waals surface area contributed by atoms with Crippen LogP contribution in [0.3, 0.4) is 0 Å². The third-order valence-electron chi connectivity index (χ3n) is 4.38. The fourth-order valence-electron chi connectivity index (χ4n) is 2.98. The zero-order chi connectivity index (χ0) is 19.6. The highest BCUT2D eigenvalue weighted by atomic mass is 19.3. The standard InChI is InChI=1S/C20H19F3N2O2/c1-11(12-5-4-6-13(19(12)21)20(22)23)25-15-7-8-24-16-10-18(27-3)17(26-2)9-14(15)16/h4-11,20H,1-3H3,(H,24,25)/t11-/m1/s1. The van der Waals surface area contributed by atoms with Gasteiger partial charge in [-0.1, -0.05) is 18.2 Å². The van der Waals surface area contributed by atoms with E-state index in [9.17, 15) is 13.2 Å². The molecule has 0 fully saturated rings. The van der Waals surface area contributed by atoms with Crippen molar-refractivity contribution in [2.75, 3.05) is 19.5 Å². The van der Waals surface area contributed by atoms with Crippen LogP contribution in [0.5, 0.6) is 11.5 Å². The van der Waals surface area contributed by atoms with Gasteiger partial charge in [-0.2, -0.15) is 0 Å². The van der Waals surface area contributed by atoms with Gasteiger partial charge in [0.1, 0.15) is 5.82 Å². The van der Waals surface area contributed by atoms with Crippen molar-refractivity contribution in [2.24, 2.45) is 0 Å². The molecule has 7 heteroatoms. The number of alkyl halides is 2. The minimum atomic E-state index is -2.87. The highest BCUT2D eigenvalue weighted by Crippen LogP contribution is 2.36. The van der Waals surface area contributed by atoms with Gasteiger partial charge < -0.3 is 14.8 Å². The Balaban J connectivity index is 2.01. The van der Waals surface area contributed by atoms with E-state index in [0.29, 0.717) is 22.7 Å². The molecule has 0 saturated heterocycles. The highest BCUT2D eigenvalue weighted by Gasteiger charge is 2.20. The number of hydrogen-bond donors (Lipinski definition) is 1. The predicted molar refractivity (Wildman–Crippen MR) is 98.2 cm³/mol. The molecule has 0 aliphatic carbocycles. The number of ether oxygens (including phenoxy) is 2. The number of halogens is 3. The molecule has 1 aromatic heterocycles. The lowest BCUT2D eigenvalue weighted by atomic mass is 10.0. The summed E-state index contributed by atoms with van der Waals surface area (Å²) < 4.78 is 51.0. The van der Waals surface area contributed by atoms with Crippen LogP contribution >= 0.6 is 0 Å². The SMILES string of the molecule is COc1cc2nccc(N[C@H](C)c3cccc(C(F)F)c3F)c2cc1OC. The fraction of sp³-hybridized carbons (Fsp3) is 0.250. The summed E-state index contributed by atoms with van der Waals surface area (Å²) in [4.78, 5) is 4.31. The highest BCUT2D eigenvalue weighted by molar-refractivity contribution is 5.93. The molecule has 27 heavy (non-hydrogen) atoms. The number of nitrogens with one attached hydrogen (secondary N) is 1. The second kappa shape index (κ2) is 7.73. The van der Waals surface area contributed by atoms with Gasteiger partial charge in [-0.05, 0) is 19.1 Å². The minimum absolute atomic E-state index is 0.165. The molecule has 0 radical (unpaired) electrons. The van der Waals surface area contributed by atoms with Crippen LogP contribution in [0.25, 0.3) is 10.9 Å². The Morgan fingerprint density at radius 3 is 2.33 bits per heavy atom. The number of aromatic nitrogens is 1. The molecule has 2 aromatic carbocycles. The maximum absolute atomic E-state index is 14.4. The molecule has 0 aliphatic heterocycles. The van der Waals surface area contributed by atoms with Crippen molar-refractivity contribution in [1.29, 1.82) is 0 Å². The normalized spacial score (nSPS) is 12.3. The average molecular weight is 376 g/mol. The largest absolute Gasteiger partial charge is 0.493 e. The van der Waals surface area contributed by atoms with E-state index in [1.807, 2.05) is 0 Å². The number of rotatable bonds is 6. The van der Waals surface area contributed by atoms with Gasteiger partial charge in [0.2, 0.25) is 0 Å². The molecule has 1 atom stereocenters. The minimum Gasteiger partial charge on any atom is -0.493 e. The van der Waals surface area contributed by atoms with Crippen molar-refractivity contribution >= 4 is 16.6 Å². The van der Waals surface area contributed by atoms with E-state index in [4.69, 9.17) is 9.47 Å². The molecule has 3 rings (SSSR count). The fourth-order valence-corrected chi connectivity index (χ4v) is 2.98. The van der Waals surface area contributed by atoms with Gasteiger partial charge in [-0.3, -0.25) is 4.98 Å². The molecule has 0 amide bonds. The van der Waals surface area contributed by atoms with Crippen molar-refractivity contribution in [2.45, 2.75) is 19.4 Å². The molecule has 1 heterocycles. The number of nitrogens with zero attached hydrogens (tertiary/aromatic N) is 1. The van der Waals surface area contributed by atoms with E-state index in [0.717, 1.165) is 11.5 Å². The lowest BCUT2D eigenvalue weighted by Gasteiger charge is -2.19. The lowest BCUT2D eigenvalue weighted by molar-refractivity contribution is 0.146. The van der Waals surface area contributed by atoms with Gasteiger partial charge in [-0.15, -0.1) is 0 Å². The molecule has 0 spiro atoms. The van der Waals surface area contributed by atoms with Crippen LogP contribution in [-0.4, -0.2) is 19.2 Å². The first kappa shape index (κ1) is 18.8. The number of benzene rings is 2. The molecule has 1 N–H and O–H groups in total. The van der Waals surface area contributed by atoms with Crippen LogP contribution in [0.1, 0.15) is 30.5 Å². The summed E-state index contributed by atoms with van der Waals surface area (Å²) in [5.41, 5.74) is 0.896. The number of hydrogen-bond acceptors (Lipinski definition) is 4. The van der Waals surface area contributed by atoms with Crippen molar-refractivity contribution < 1.29 is 22.6 Å². The summed E-state index contributed by atoms with van der Waals surface area (Å²) in [6.07, 6.45) is -1.26. The molecule has 3 aromatic rings. The first-order valence-electron chi connectivity index (χ1n) is 8.30. The Kier molecular flexibility index (Phi) is 5.39. The van der Waals surface area contributed by atoms with E-state index in [1.165, 1.54) is 26.4 Å². The van der Waals surface area contributed by atoms with Crippen molar-refractivity contribution in [1.82, 2.24) is 4.98 Å². The van der Waals surface area contributed by atoms with Crippen LogP contribution in [-0.2, 0) is 0 Å². The zero-order valence-corrected chi connectivity index (χ0v) is 15.1. The monoisotopic (exact) mass is 376 g/mol. The Labute approximate surface area is 154 Å². The van der Waals surface area contributed by atoms with Crippen LogP contribution in [0.4, 0.5) is 18.9 Å². The second-order valence-electron chi connectivity index (χ2n) is 6.00. The number of fused-ring (bicyclic) bond motifs is 1. The summed E-state index contributed by atoms with van der Waals surface area (Å²) in [5, 5.41) is 3.92. The summed E-state index contributed by atoms with van der Waals surface area (Å²) >= 11 is 0. The van der Waals surface area contributed by atoms with Gasteiger partial charge >= 0.3 is 0 Å². The Morgan fingerprint density at radius 1 is 1.00 bits per heavy atom. The van der Waals surface area contributed by atoms with Gasteiger partial charge in [-0.25, -0.2) is 13.2 Å². The third kappa shape index (κ3) is 3.63. The van der Waals surface area contributed by atoms with E-state index in [1.54, 1.807) is 31.3 Å². The van der Waals surface area contributed by atoms with Crippen LogP contribution < -0.4 is 14.8 Å². The lowest BCUT2D eigenvalue weighted by Crippen LogP contribution is -2.10. The van der Waals surface area contributed by atoms with E-state index in [-0.39, 0.29) is 5.56 Å². The van der Waals surface area contributed by atoms with Gasteiger partial charge in [0.15, 0.2) is 11.5 Å². The zero-order valence-electron chi connectivity index (χ0n) is 15.1. The Hall–Kier alpha value is -2.96. The topological polar surface area (TPSA) is 43.4 Å². The second-order valence-corrected chi connectivity index (χ2v) is 6.00. The molecular weight excluding hydrogens is 357 g/mol. The van der Waals surface area contributed by atoms with Crippen molar-refractivity contribution in [3.8, 4) is 11.5 Å². The van der Waals surface area contributed by atoms with Crippen LogP contribution in [0.15, 0.2) is 42.6 Å². The van der Waals surface area contributed by atoms with Crippen LogP contribution in [0, 0.1) is 5.82 Å². The van der Waals surface area contributed by atoms with Gasteiger partial charge in [0.05, 0.1) is 31.3 Å². The molecule has 4 nitrogen and oxygen atoms in total. The number of pyridine rings is 1. The van der Waals surface area contributed by atoms with Crippen molar-refractivity contribution in [3.05, 3.63) is 59.5 Å². The van der Waals surface area contributed by atoms with Crippen molar-refractivity contribution in [3.63, 3.8) is 0 Å². The summed E-state index contributed by atoms with van der Waals surface area (Å²) in [5.74, 6) is 0.170. The first-order chi connectivity index (χ1) is 13.0. The maximum Gasteiger partial charge on any atom is 0.266 e. The van der Waals surface area contributed by atoms with Gasteiger partial charge in [0, 0.05) is 28.9 Å². The van der Waals surface area contributed by atoms with E-state index < -0.39 is 23.8 Å². The summed E-state index contributed by atoms with van der Waals surface area (Å²) in [6, 6.07) is 8.71. The quantitative estimate of drug-likeness (QED) is 0.617. The molecule has 0 saturated carbocycles. The predicted octanol–water partition coefficient (Wildman–Crippen LogP) is 5.50. The Morgan fingerprint density at radius 2 is 1.67 bits per heavy atom. The smallest absolute Gasteiger partial charge is 0.266 e. The third-order valence-corrected chi connectivity index (χ3v) is 4.38. The Bertz CT molecular complexity index is 963. The summed E-state index contributed by atoms with van der Waals surface area (Å²) in [7, 11) is 3.06. The molecule has 0 aliphatic rings. The number of anilines is 1. The van der Waals surface area contributed by atoms with Gasteiger partial charge in [0.25, 0.3) is 6.43 Å². The first-order valence-corrected chi connectivity index (χ1v) is 8.30. The molecule has 0 unspecified atom stereocenters. The molecule has 142 valence electrons. The average Bonchev–Trinajstić information content (AvgIpc) is 2.66. The van der Waals surface area contributed by atoms with E-state index >= 15 is 0 Å². The maximum atomic E-state index is 14.4. The number of methoxy groups -OCH3 is 2. The van der Waals surface area contributed by atoms with E-state index in [2.05, 4.69) is 10.3 Å². The molecular formula is C20H19F3N2O2. The summed E-state index contributed by atoms with van der Waals surface area (Å²) in [6.45, 7) is 1.71.